The number of aromatic nitrogens is 2. The first-order chi connectivity index (χ1) is 16.5. The smallest absolute Gasteiger partial charge is 0.325 e. The number of hydrogen-bond donors (Lipinski definition) is 1. The molecule has 34 heavy (non-hydrogen) atoms. The van der Waals surface area contributed by atoms with Gasteiger partial charge in [0.15, 0.2) is 5.76 Å². The summed E-state index contributed by atoms with van der Waals surface area (Å²) in [5.41, 5.74) is 0.811. The number of nitrogens with one attached hydrogen (secondary N) is 1. The first kappa shape index (κ1) is 22.9. The van der Waals surface area contributed by atoms with Crippen molar-refractivity contribution in [1.82, 2.24) is 20.0 Å². The molecule has 0 bridgehead atoms. The van der Waals surface area contributed by atoms with E-state index in [4.69, 9.17) is 13.9 Å². The van der Waals surface area contributed by atoms with Gasteiger partial charge in [-0.3, -0.25) is 14.5 Å². The zero-order valence-corrected chi connectivity index (χ0v) is 18.9. The van der Waals surface area contributed by atoms with E-state index in [9.17, 15) is 14.4 Å². The summed E-state index contributed by atoms with van der Waals surface area (Å²) in [6.45, 7) is 1.06. The van der Waals surface area contributed by atoms with Gasteiger partial charge in [-0.2, -0.15) is 5.10 Å². The summed E-state index contributed by atoms with van der Waals surface area (Å²) in [5.74, 6) is 1.35. The van der Waals surface area contributed by atoms with E-state index in [0.717, 1.165) is 0 Å². The van der Waals surface area contributed by atoms with Gasteiger partial charge in [0.05, 0.1) is 32.7 Å². The molecule has 0 aliphatic carbocycles. The van der Waals surface area contributed by atoms with Crippen molar-refractivity contribution < 1.29 is 23.5 Å². The first-order valence-electron chi connectivity index (χ1n) is 10.7. The zero-order chi connectivity index (χ0) is 24.1. The third-order valence-corrected chi connectivity index (χ3v) is 5.39. The number of carbonyl (C=O) groups excluding carboxylic acids is 2. The van der Waals surface area contributed by atoms with E-state index < -0.39 is 0 Å². The fourth-order valence-corrected chi connectivity index (χ4v) is 3.66. The molecular formula is C23H25N5O6. The Morgan fingerprint density at radius 2 is 1.97 bits per heavy atom. The standard InChI is InChI=1S/C23H25N5O6/c1-32-16-5-7-20(33-2)18(14-16)27-12-11-26(23(27)31)15-21(29)24-9-10-28-22(30)8-6-17(25-28)19-4-3-13-34-19/h3-8,13-14H,9-12,15H2,1-2H3,(H,24,29). The van der Waals surface area contributed by atoms with Crippen molar-refractivity contribution in [1.29, 1.82) is 0 Å². The maximum absolute atomic E-state index is 12.9. The van der Waals surface area contributed by atoms with Gasteiger partial charge < -0.3 is 24.1 Å². The Morgan fingerprint density at radius 1 is 1.12 bits per heavy atom. The lowest BCUT2D eigenvalue weighted by Crippen LogP contribution is -2.41. The molecule has 178 valence electrons. The number of rotatable bonds is 9. The molecule has 0 atom stereocenters. The van der Waals surface area contributed by atoms with E-state index in [1.54, 1.807) is 48.4 Å². The van der Waals surface area contributed by atoms with Crippen LogP contribution in [0.15, 0.2) is 57.9 Å². The van der Waals surface area contributed by atoms with Crippen LogP contribution in [0, 0.1) is 0 Å². The van der Waals surface area contributed by atoms with Crippen molar-refractivity contribution in [3.63, 3.8) is 0 Å². The van der Waals surface area contributed by atoms with Gasteiger partial charge in [0.2, 0.25) is 5.91 Å². The second kappa shape index (κ2) is 10.1. The van der Waals surface area contributed by atoms with Gasteiger partial charge in [0, 0.05) is 31.8 Å². The molecule has 4 rings (SSSR count). The molecule has 1 N–H and O–H groups in total. The van der Waals surface area contributed by atoms with Crippen LogP contribution in [-0.2, 0) is 11.3 Å². The number of hydrogen-bond acceptors (Lipinski definition) is 7. The van der Waals surface area contributed by atoms with Crippen molar-refractivity contribution in [3.8, 4) is 23.0 Å². The van der Waals surface area contributed by atoms with Crippen molar-refractivity contribution in [2.75, 3.05) is 45.3 Å². The molecule has 3 amide bonds. The van der Waals surface area contributed by atoms with E-state index in [1.165, 1.54) is 29.0 Å². The van der Waals surface area contributed by atoms with E-state index >= 15 is 0 Å². The molecule has 1 aliphatic rings. The predicted molar refractivity (Wildman–Crippen MR) is 123 cm³/mol. The largest absolute Gasteiger partial charge is 0.497 e. The van der Waals surface area contributed by atoms with Crippen molar-refractivity contribution in [2.45, 2.75) is 6.54 Å². The molecule has 11 nitrogen and oxygen atoms in total. The number of nitrogens with zero attached hydrogens (tertiary/aromatic N) is 4. The van der Waals surface area contributed by atoms with Gasteiger partial charge >= 0.3 is 6.03 Å². The maximum atomic E-state index is 12.9. The Balaban J connectivity index is 1.33. The molecule has 0 unspecified atom stereocenters. The van der Waals surface area contributed by atoms with Gasteiger partial charge in [0.25, 0.3) is 5.56 Å². The van der Waals surface area contributed by atoms with Crippen LogP contribution < -0.4 is 25.2 Å². The fourth-order valence-electron chi connectivity index (χ4n) is 3.66. The molecule has 1 saturated heterocycles. The summed E-state index contributed by atoms with van der Waals surface area (Å²) in [4.78, 5) is 40.5. The minimum absolute atomic E-state index is 0.101. The summed E-state index contributed by atoms with van der Waals surface area (Å²) in [7, 11) is 3.08. The average molecular weight is 467 g/mol. The normalized spacial score (nSPS) is 13.3. The van der Waals surface area contributed by atoms with Crippen molar-refractivity contribution in [2.24, 2.45) is 0 Å². The average Bonchev–Trinajstić information content (AvgIpc) is 3.50. The lowest BCUT2D eigenvalue weighted by Gasteiger charge is -2.21. The van der Waals surface area contributed by atoms with Gasteiger partial charge in [-0.1, -0.05) is 0 Å². The lowest BCUT2D eigenvalue weighted by molar-refractivity contribution is -0.121. The number of amides is 3. The quantitative estimate of drug-likeness (QED) is 0.507. The molecule has 11 heteroatoms. The highest BCUT2D eigenvalue weighted by Gasteiger charge is 2.32. The Kier molecular flexibility index (Phi) is 6.81. The number of ether oxygens (including phenoxy) is 2. The minimum atomic E-state index is -0.331. The maximum Gasteiger partial charge on any atom is 0.325 e. The van der Waals surface area contributed by atoms with Crippen LogP contribution in [0.1, 0.15) is 0 Å². The Bertz CT molecular complexity index is 1220. The van der Waals surface area contributed by atoms with Crippen molar-refractivity contribution >= 4 is 17.6 Å². The summed E-state index contributed by atoms with van der Waals surface area (Å²) >= 11 is 0. The highest BCUT2D eigenvalue weighted by molar-refractivity contribution is 5.97. The number of urea groups is 1. The predicted octanol–water partition coefficient (Wildman–Crippen LogP) is 1.58. The molecule has 1 fully saturated rings. The monoisotopic (exact) mass is 467 g/mol. The highest BCUT2D eigenvalue weighted by Crippen LogP contribution is 2.34. The van der Waals surface area contributed by atoms with E-state index in [0.29, 0.717) is 41.7 Å². The zero-order valence-electron chi connectivity index (χ0n) is 18.9. The number of carbonyl (C=O) groups is 2. The van der Waals surface area contributed by atoms with Gasteiger partial charge in [-0.25, -0.2) is 9.48 Å². The molecule has 0 radical (unpaired) electrons. The second-order valence-corrected chi connectivity index (χ2v) is 7.50. The van der Waals surface area contributed by atoms with Gasteiger partial charge in [0.1, 0.15) is 23.7 Å². The lowest BCUT2D eigenvalue weighted by atomic mass is 10.2. The molecule has 0 saturated carbocycles. The van der Waals surface area contributed by atoms with Crippen LogP contribution in [0.2, 0.25) is 0 Å². The molecule has 0 spiro atoms. The van der Waals surface area contributed by atoms with E-state index in [2.05, 4.69) is 10.4 Å². The second-order valence-electron chi connectivity index (χ2n) is 7.50. The summed E-state index contributed by atoms with van der Waals surface area (Å²) in [6.07, 6.45) is 1.53. The first-order valence-corrected chi connectivity index (χ1v) is 10.7. The topological polar surface area (TPSA) is 119 Å². The van der Waals surface area contributed by atoms with E-state index in [1.807, 2.05) is 0 Å². The fraction of sp³-hybridized carbons (Fsp3) is 0.304. The van der Waals surface area contributed by atoms with Crippen LogP contribution in [0.3, 0.4) is 0 Å². The minimum Gasteiger partial charge on any atom is -0.497 e. The Labute approximate surface area is 195 Å². The van der Waals surface area contributed by atoms with Crippen LogP contribution in [0.25, 0.3) is 11.5 Å². The van der Waals surface area contributed by atoms with Gasteiger partial charge in [-0.05, 0) is 30.3 Å². The summed E-state index contributed by atoms with van der Waals surface area (Å²) in [5, 5.41) is 7.00. The third kappa shape index (κ3) is 4.87. The molecule has 3 heterocycles. The molecule has 1 aliphatic heterocycles. The highest BCUT2D eigenvalue weighted by atomic mass is 16.5. The van der Waals surface area contributed by atoms with Crippen molar-refractivity contribution in [3.05, 3.63) is 59.1 Å². The molecular weight excluding hydrogens is 442 g/mol. The molecule has 3 aromatic rings. The third-order valence-electron chi connectivity index (χ3n) is 5.39. The SMILES string of the molecule is COc1ccc(OC)c(N2CCN(CC(=O)NCCn3nc(-c4ccco4)ccc3=O)C2=O)c1. The van der Waals surface area contributed by atoms with Crippen LogP contribution in [0.5, 0.6) is 11.5 Å². The number of benzene rings is 1. The summed E-state index contributed by atoms with van der Waals surface area (Å²) < 4.78 is 17.2. The van der Waals surface area contributed by atoms with Gasteiger partial charge in [-0.15, -0.1) is 0 Å². The van der Waals surface area contributed by atoms with Crippen LogP contribution in [0.4, 0.5) is 10.5 Å². The van der Waals surface area contributed by atoms with Crippen LogP contribution in [-0.4, -0.2) is 67.0 Å². The number of methoxy groups -OCH3 is 2. The summed E-state index contributed by atoms with van der Waals surface area (Å²) in [6, 6.07) is 11.4. The Hall–Kier alpha value is -4.28. The van der Waals surface area contributed by atoms with Crippen LogP contribution >= 0.6 is 0 Å². The molecule has 2 aromatic heterocycles. The number of furan rings is 1. The Morgan fingerprint density at radius 3 is 2.71 bits per heavy atom. The molecule has 1 aromatic carbocycles. The number of anilines is 1. The van der Waals surface area contributed by atoms with E-state index in [-0.39, 0.29) is 37.1 Å².